The Balaban J connectivity index is 1.55. The van der Waals surface area contributed by atoms with Crippen molar-refractivity contribution in [2.24, 2.45) is 0 Å². The molecule has 148 valence electrons. The van der Waals surface area contributed by atoms with Gasteiger partial charge < -0.3 is 33.2 Å². The maximum absolute atomic E-state index is 12.8. The summed E-state index contributed by atoms with van der Waals surface area (Å²) in [7, 11) is 1.57. The van der Waals surface area contributed by atoms with Crippen LogP contribution in [0.5, 0.6) is 11.5 Å². The highest BCUT2D eigenvalue weighted by Crippen LogP contribution is 2.44. The molecule has 1 aromatic rings. The zero-order chi connectivity index (χ0) is 19.4. The largest absolute Gasteiger partial charge is 0.497 e. The van der Waals surface area contributed by atoms with Crippen LogP contribution in [-0.2, 0) is 28.5 Å². The van der Waals surface area contributed by atoms with Crippen molar-refractivity contribution >= 4 is 5.97 Å². The maximum atomic E-state index is 12.8. The number of hydrogen-bond donors (Lipinski definition) is 0. The first-order valence-corrected chi connectivity index (χ1v) is 8.90. The Morgan fingerprint density at radius 3 is 2.07 bits per heavy atom. The summed E-state index contributed by atoms with van der Waals surface area (Å²) in [5.41, 5.74) is 0. The van der Waals surface area contributed by atoms with Gasteiger partial charge in [-0.2, -0.15) is 0 Å². The molecule has 0 amide bonds. The first-order valence-electron chi connectivity index (χ1n) is 8.90. The van der Waals surface area contributed by atoms with Gasteiger partial charge in [-0.3, -0.25) is 0 Å². The minimum absolute atomic E-state index is 0.380. The molecule has 0 aromatic heterocycles. The molecule has 0 unspecified atom stereocenters. The summed E-state index contributed by atoms with van der Waals surface area (Å²) >= 11 is 0. The van der Waals surface area contributed by atoms with Gasteiger partial charge in [0.05, 0.1) is 7.11 Å². The lowest BCUT2D eigenvalue weighted by atomic mass is 9.99. The van der Waals surface area contributed by atoms with Crippen molar-refractivity contribution in [1.82, 2.24) is 0 Å². The fraction of sp³-hybridized carbons (Fsp3) is 0.632. The van der Waals surface area contributed by atoms with E-state index in [0.29, 0.717) is 11.5 Å². The summed E-state index contributed by atoms with van der Waals surface area (Å²) in [5.74, 6) is -1.25. The number of rotatable bonds is 3. The van der Waals surface area contributed by atoms with Crippen LogP contribution in [0.25, 0.3) is 0 Å². The van der Waals surface area contributed by atoms with E-state index in [0.717, 1.165) is 0 Å². The van der Waals surface area contributed by atoms with Gasteiger partial charge in [0.25, 0.3) is 0 Å². The maximum Gasteiger partial charge on any atom is 0.343 e. The van der Waals surface area contributed by atoms with Gasteiger partial charge in [0.2, 0.25) is 0 Å². The Kier molecular flexibility index (Phi) is 4.44. The van der Waals surface area contributed by atoms with Gasteiger partial charge in [-0.05, 0) is 52.0 Å². The fourth-order valence-corrected chi connectivity index (χ4v) is 3.62. The Hall–Kier alpha value is -1.71. The Morgan fingerprint density at radius 1 is 0.852 bits per heavy atom. The van der Waals surface area contributed by atoms with Crippen LogP contribution in [0.2, 0.25) is 0 Å². The minimum Gasteiger partial charge on any atom is -0.497 e. The van der Waals surface area contributed by atoms with E-state index >= 15 is 0 Å². The molecule has 8 nitrogen and oxygen atoms in total. The number of methoxy groups -OCH3 is 1. The lowest BCUT2D eigenvalue weighted by molar-refractivity contribution is -0.236. The Bertz CT molecular complexity index is 713. The number of hydrogen-bond acceptors (Lipinski definition) is 8. The standard InChI is InChI=1S/C19H24O8/c1-18(2)24-12-13(25-18)15-17(27-19(3,4)26-15)23-14(12)16(20)22-11-8-6-10(21-5)7-9-11/h6-9,12-15,17H,1-5H3/t12-,13+,14-,15-,17-/m1/s1. The molecule has 5 atom stereocenters. The number of fused-ring (bicyclic) bond motifs is 3. The highest BCUT2D eigenvalue weighted by atomic mass is 16.9. The molecule has 0 spiro atoms. The molecule has 8 heteroatoms. The van der Waals surface area contributed by atoms with Gasteiger partial charge in [-0.15, -0.1) is 0 Å². The van der Waals surface area contributed by atoms with Crippen LogP contribution in [0.1, 0.15) is 27.7 Å². The molecule has 3 fully saturated rings. The quantitative estimate of drug-likeness (QED) is 0.582. The molecule has 4 rings (SSSR count). The van der Waals surface area contributed by atoms with E-state index in [4.69, 9.17) is 33.2 Å². The first kappa shape index (κ1) is 18.6. The highest BCUT2D eigenvalue weighted by molar-refractivity contribution is 5.78. The zero-order valence-electron chi connectivity index (χ0n) is 16.0. The van der Waals surface area contributed by atoms with Crippen molar-refractivity contribution in [2.75, 3.05) is 7.11 Å². The summed E-state index contributed by atoms with van der Waals surface area (Å²) in [4.78, 5) is 12.8. The van der Waals surface area contributed by atoms with E-state index in [1.807, 2.05) is 0 Å². The first-order chi connectivity index (χ1) is 12.7. The zero-order valence-corrected chi connectivity index (χ0v) is 16.0. The van der Waals surface area contributed by atoms with Gasteiger partial charge in [0.1, 0.15) is 29.8 Å². The van der Waals surface area contributed by atoms with Gasteiger partial charge in [-0.1, -0.05) is 0 Å². The molecule has 0 N–H and O–H groups in total. The molecule has 3 aliphatic rings. The number of esters is 1. The highest BCUT2D eigenvalue weighted by Gasteiger charge is 2.62. The number of carbonyl (C=O) groups is 1. The molecule has 0 radical (unpaired) electrons. The molecule has 0 bridgehead atoms. The average Bonchev–Trinajstić information content (AvgIpc) is 3.08. The molecule has 3 saturated heterocycles. The van der Waals surface area contributed by atoms with Crippen molar-refractivity contribution in [2.45, 2.75) is 70.0 Å². The van der Waals surface area contributed by atoms with Crippen LogP contribution in [0, 0.1) is 0 Å². The van der Waals surface area contributed by atoms with E-state index in [2.05, 4.69) is 0 Å². The SMILES string of the molecule is COc1ccc(OC(=O)[C@@H]2O[C@@H]3OC(C)(C)O[C@@H]3[C@H]3OC(C)(C)O[C@H]32)cc1. The summed E-state index contributed by atoms with van der Waals surface area (Å²) in [6.07, 6.45) is -3.40. The van der Waals surface area contributed by atoms with Crippen molar-refractivity contribution in [1.29, 1.82) is 0 Å². The lowest BCUT2D eigenvalue weighted by Crippen LogP contribution is -2.58. The number of carbonyl (C=O) groups excluding carboxylic acids is 1. The Morgan fingerprint density at radius 2 is 1.41 bits per heavy atom. The minimum atomic E-state index is -1.00. The van der Waals surface area contributed by atoms with Gasteiger partial charge in [0, 0.05) is 0 Å². The summed E-state index contributed by atoms with van der Waals surface area (Å²) < 4.78 is 40.1. The van der Waals surface area contributed by atoms with E-state index in [-0.39, 0.29) is 0 Å². The third-order valence-electron chi connectivity index (χ3n) is 4.66. The van der Waals surface area contributed by atoms with Gasteiger partial charge >= 0.3 is 5.97 Å². The van der Waals surface area contributed by atoms with Gasteiger partial charge in [0.15, 0.2) is 24.0 Å². The molecule has 0 aliphatic carbocycles. The molecule has 27 heavy (non-hydrogen) atoms. The fourth-order valence-electron chi connectivity index (χ4n) is 3.62. The number of benzene rings is 1. The molecule has 0 saturated carbocycles. The van der Waals surface area contributed by atoms with Crippen LogP contribution in [0.3, 0.4) is 0 Å². The molecular formula is C19H24O8. The number of ether oxygens (including phenoxy) is 7. The monoisotopic (exact) mass is 380 g/mol. The van der Waals surface area contributed by atoms with Crippen LogP contribution in [-0.4, -0.2) is 55.4 Å². The van der Waals surface area contributed by atoms with Crippen molar-refractivity contribution in [3.05, 3.63) is 24.3 Å². The predicted molar refractivity (Wildman–Crippen MR) is 91.2 cm³/mol. The van der Waals surface area contributed by atoms with E-state index in [1.165, 1.54) is 0 Å². The molecule has 3 heterocycles. The topological polar surface area (TPSA) is 81.7 Å². The second-order valence-corrected chi connectivity index (χ2v) is 7.69. The van der Waals surface area contributed by atoms with Crippen LogP contribution in [0.15, 0.2) is 24.3 Å². The van der Waals surface area contributed by atoms with E-state index < -0.39 is 48.2 Å². The third kappa shape index (κ3) is 3.55. The van der Waals surface area contributed by atoms with Crippen LogP contribution < -0.4 is 9.47 Å². The average molecular weight is 380 g/mol. The smallest absolute Gasteiger partial charge is 0.343 e. The summed E-state index contributed by atoms with van der Waals surface area (Å²) in [6, 6.07) is 6.71. The van der Waals surface area contributed by atoms with Crippen LogP contribution >= 0.6 is 0 Å². The van der Waals surface area contributed by atoms with Crippen molar-refractivity contribution < 1.29 is 38.0 Å². The molecular weight excluding hydrogens is 356 g/mol. The second-order valence-electron chi connectivity index (χ2n) is 7.69. The van der Waals surface area contributed by atoms with E-state index in [1.54, 1.807) is 59.1 Å². The third-order valence-corrected chi connectivity index (χ3v) is 4.66. The summed E-state index contributed by atoms with van der Waals surface area (Å²) in [5, 5.41) is 0. The normalized spacial score (nSPS) is 36.0. The van der Waals surface area contributed by atoms with Crippen LogP contribution in [0.4, 0.5) is 0 Å². The lowest BCUT2D eigenvalue weighted by Gasteiger charge is -2.35. The van der Waals surface area contributed by atoms with E-state index in [9.17, 15) is 4.79 Å². The second kappa shape index (κ2) is 6.42. The molecule has 3 aliphatic heterocycles. The van der Waals surface area contributed by atoms with Crippen molar-refractivity contribution in [3.8, 4) is 11.5 Å². The van der Waals surface area contributed by atoms with Gasteiger partial charge in [-0.25, -0.2) is 4.79 Å². The predicted octanol–water partition coefficient (Wildman–Crippen LogP) is 2.00. The van der Waals surface area contributed by atoms with Crippen molar-refractivity contribution in [3.63, 3.8) is 0 Å². The Labute approximate surface area is 157 Å². The summed E-state index contributed by atoms with van der Waals surface area (Å²) in [6.45, 7) is 7.14. The molecule has 1 aromatic carbocycles.